The number of hydrogen-bond acceptors (Lipinski definition) is 4. The monoisotopic (exact) mass is 366 g/mol. The number of amides is 1. The average molecular weight is 366 g/mol. The van der Waals surface area contributed by atoms with Gasteiger partial charge in [0.1, 0.15) is 6.17 Å². The maximum Gasteiger partial charge on any atom is 0.221 e. The lowest BCUT2D eigenvalue weighted by molar-refractivity contribution is -0.131. The Labute approximate surface area is 160 Å². The Bertz CT molecular complexity index is 851. The van der Waals surface area contributed by atoms with Crippen molar-refractivity contribution in [1.82, 2.24) is 9.80 Å². The molecule has 1 fully saturated rings. The van der Waals surface area contributed by atoms with Gasteiger partial charge >= 0.3 is 0 Å². The molecule has 1 saturated heterocycles. The lowest BCUT2D eigenvalue weighted by Gasteiger charge is -2.35. The van der Waals surface area contributed by atoms with E-state index >= 15 is 0 Å². The van der Waals surface area contributed by atoms with Gasteiger partial charge in [0.25, 0.3) is 0 Å². The van der Waals surface area contributed by atoms with Crippen LogP contribution in [0.25, 0.3) is 0 Å². The predicted molar refractivity (Wildman–Crippen MR) is 104 cm³/mol. The summed E-state index contributed by atoms with van der Waals surface area (Å²) >= 11 is 0. The van der Waals surface area contributed by atoms with Crippen molar-refractivity contribution in [2.24, 2.45) is 0 Å². The number of methoxy groups -OCH3 is 1. The van der Waals surface area contributed by atoms with E-state index in [4.69, 9.17) is 9.47 Å². The molecule has 0 N–H and O–H groups in total. The molecule has 5 heteroatoms. The van der Waals surface area contributed by atoms with E-state index in [1.807, 2.05) is 30.0 Å². The second kappa shape index (κ2) is 7.24. The standard InChI is InChI=1S/C22H26N2O3/c1-4-27-21-13-17(9-10-20(21)26-3)22-23-12-11-16-7-5-6-8-18(16)19(23)14-24(22)15(2)25/h5-10,13,19,22H,4,11-12,14H2,1-3H3/t19-,22+/m0/s1. The van der Waals surface area contributed by atoms with E-state index in [0.717, 1.165) is 24.3 Å². The van der Waals surface area contributed by atoms with Crippen molar-refractivity contribution in [1.29, 1.82) is 0 Å². The van der Waals surface area contributed by atoms with Crippen LogP contribution in [0.5, 0.6) is 11.5 Å². The van der Waals surface area contributed by atoms with Gasteiger partial charge in [0.05, 0.1) is 19.8 Å². The zero-order chi connectivity index (χ0) is 19.0. The number of rotatable bonds is 4. The first-order valence-electron chi connectivity index (χ1n) is 9.55. The molecule has 2 atom stereocenters. The smallest absolute Gasteiger partial charge is 0.221 e. The molecule has 0 unspecified atom stereocenters. The van der Waals surface area contributed by atoms with Gasteiger partial charge in [0.2, 0.25) is 5.91 Å². The van der Waals surface area contributed by atoms with Crippen molar-refractivity contribution >= 4 is 5.91 Å². The summed E-state index contributed by atoms with van der Waals surface area (Å²) in [4.78, 5) is 16.9. The maximum absolute atomic E-state index is 12.5. The van der Waals surface area contributed by atoms with Gasteiger partial charge in [-0.2, -0.15) is 0 Å². The Hall–Kier alpha value is -2.53. The number of fused-ring (bicyclic) bond motifs is 3. The summed E-state index contributed by atoms with van der Waals surface area (Å²) in [6.07, 6.45) is 0.926. The van der Waals surface area contributed by atoms with Crippen molar-refractivity contribution in [2.45, 2.75) is 32.5 Å². The fourth-order valence-corrected chi connectivity index (χ4v) is 4.43. The zero-order valence-electron chi connectivity index (χ0n) is 16.1. The molecular formula is C22H26N2O3. The van der Waals surface area contributed by atoms with Crippen LogP contribution in [0.4, 0.5) is 0 Å². The summed E-state index contributed by atoms with van der Waals surface area (Å²) in [5.41, 5.74) is 3.81. The molecule has 0 aliphatic carbocycles. The fraction of sp³-hybridized carbons (Fsp3) is 0.409. The third kappa shape index (κ3) is 3.06. The second-order valence-electron chi connectivity index (χ2n) is 7.09. The molecule has 2 aromatic carbocycles. The molecule has 2 heterocycles. The average Bonchev–Trinajstić information content (AvgIpc) is 3.08. The van der Waals surface area contributed by atoms with Gasteiger partial charge < -0.3 is 14.4 Å². The fourth-order valence-electron chi connectivity index (χ4n) is 4.43. The van der Waals surface area contributed by atoms with Gasteiger partial charge in [-0.3, -0.25) is 9.69 Å². The summed E-state index contributed by atoms with van der Waals surface area (Å²) in [7, 11) is 1.65. The molecule has 0 radical (unpaired) electrons. The highest BCUT2D eigenvalue weighted by molar-refractivity contribution is 5.74. The molecule has 5 nitrogen and oxygen atoms in total. The third-order valence-corrected chi connectivity index (χ3v) is 5.62. The maximum atomic E-state index is 12.5. The van der Waals surface area contributed by atoms with Crippen molar-refractivity contribution in [3.8, 4) is 11.5 Å². The van der Waals surface area contributed by atoms with Crippen LogP contribution in [-0.4, -0.2) is 42.5 Å². The normalized spacial score (nSPS) is 21.5. The molecule has 0 aromatic heterocycles. The lowest BCUT2D eigenvalue weighted by atomic mass is 9.93. The van der Waals surface area contributed by atoms with Crippen molar-refractivity contribution in [3.63, 3.8) is 0 Å². The number of carbonyl (C=O) groups excluding carboxylic acids is 1. The number of benzene rings is 2. The second-order valence-corrected chi connectivity index (χ2v) is 7.09. The molecule has 2 aromatic rings. The van der Waals surface area contributed by atoms with Gasteiger partial charge in [-0.05, 0) is 42.2 Å². The van der Waals surface area contributed by atoms with E-state index in [0.29, 0.717) is 18.9 Å². The van der Waals surface area contributed by atoms with E-state index in [-0.39, 0.29) is 18.1 Å². The Morgan fingerprint density at radius 3 is 2.74 bits per heavy atom. The number of nitrogens with zero attached hydrogens (tertiary/aromatic N) is 2. The van der Waals surface area contributed by atoms with Gasteiger partial charge in [-0.25, -0.2) is 0 Å². The van der Waals surface area contributed by atoms with E-state index in [1.54, 1.807) is 14.0 Å². The Kier molecular flexibility index (Phi) is 4.79. The number of ether oxygens (including phenoxy) is 2. The van der Waals surface area contributed by atoms with Crippen LogP contribution in [0.15, 0.2) is 42.5 Å². The van der Waals surface area contributed by atoms with E-state index in [9.17, 15) is 4.79 Å². The van der Waals surface area contributed by atoms with Crippen molar-refractivity contribution in [2.75, 3.05) is 26.8 Å². The molecule has 2 aliphatic heterocycles. The van der Waals surface area contributed by atoms with Crippen LogP contribution in [-0.2, 0) is 11.2 Å². The highest BCUT2D eigenvalue weighted by Gasteiger charge is 2.44. The Balaban J connectivity index is 1.75. The van der Waals surface area contributed by atoms with E-state index in [1.165, 1.54) is 11.1 Å². The van der Waals surface area contributed by atoms with Gasteiger partial charge in [0.15, 0.2) is 11.5 Å². The van der Waals surface area contributed by atoms with Crippen LogP contribution >= 0.6 is 0 Å². The van der Waals surface area contributed by atoms with Crippen LogP contribution < -0.4 is 9.47 Å². The number of hydrogen-bond donors (Lipinski definition) is 0. The quantitative estimate of drug-likeness (QED) is 0.830. The zero-order valence-corrected chi connectivity index (χ0v) is 16.1. The Morgan fingerprint density at radius 1 is 1.19 bits per heavy atom. The largest absolute Gasteiger partial charge is 0.493 e. The molecule has 0 spiro atoms. The summed E-state index contributed by atoms with van der Waals surface area (Å²) in [5.74, 6) is 1.54. The van der Waals surface area contributed by atoms with Gasteiger partial charge in [-0.15, -0.1) is 0 Å². The van der Waals surface area contributed by atoms with Crippen molar-refractivity contribution < 1.29 is 14.3 Å². The Morgan fingerprint density at radius 2 is 2.00 bits per heavy atom. The first kappa shape index (κ1) is 17.9. The number of carbonyl (C=O) groups is 1. The first-order valence-corrected chi connectivity index (χ1v) is 9.55. The molecule has 4 rings (SSSR count). The van der Waals surface area contributed by atoms with Gasteiger partial charge in [-0.1, -0.05) is 30.3 Å². The SMILES string of the molecule is CCOc1cc([C@H]2N(C(C)=O)C[C@H]3c4ccccc4CCN32)ccc1OC. The van der Waals surface area contributed by atoms with Crippen LogP contribution in [0.1, 0.15) is 42.7 Å². The molecule has 2 aliphatic rings. The molecule has 0 bridgehead atoms. The third-order valence-electron chi connectivity index (χ3n) is 5.62. The minimum Gasteiger partial charge on any atom is -0.493 e. The lowest BCUT2D eigenvalue weighted by Crippen LogP contribution is -2.36. The topological polar surface area (TPSA) is 42.0 Å². The van der Waals surface area contributed by atoms with E-state index < -0.39 is 0 Å². The van der Waals surface area contributed by atoms with Gasteiger partial charge in [0, 0.05) is 20.0 Å². The highest BCUT2D eigenvalue weighted by Crippen LogP contribution is 2.45. The molecule has 1 amide bonds. The molecule has 27 heavy (non-hydrogen) atoms. The summed E-state index contributed by atoms with van der Waals surface area (Å²) in [6, 6.07) is 14.8. The van der Waals surface area contributed by atoms with Crippen LogP contribution in [0, 0.1) is 0 Å². The summed E-state index contributed by atoms with van der Waals surface area (Å²) in [6.45, 7) is 5.84. The summed E-state index contributed by atoms with van der Waals surface area (Å²) in [5, 5.41) is 0. The highest BCUT2D eigenvalue weighted by atomic mass is 16.5. The first-order chi connectivity index (χ1) is 13.1. The van der Waals surface area contributed by atoms with Crippen LogP contribution in [0.3, 0.4) is 0 Å². The molecule has 0 saturated carbocycles. The molecular weight excluding hydrogens is 340 g/mol. The molecule has 142 valence electrons. The van der Waals surface area contributed by atoms with E-state index in [2.05, 4.69) is 29.2 Å². The minimum atomic E-state index is -0.0778. The van der Waals surface area contributed by atoms with Crippen molar-refractivity contribution in [3.05, 3.63) is 59.2 Å². The summed E-state index contributed by atoms with van der Waals surface area (Å²) < 4.78 is 11.2. The minimum absolute atomic E-state index is 0.0778. The predicted octanol–water partition coefficient (Wildman–Crippen LogP) is 3.55. The van der Waals surface area contributed by atoms with Crippen LogP contribution in [0.2, 0.25) is 0 Å².